The molecule has 4 aromatic rings. The maximum absolute atomic E-state index is 6.31. The van der Waals surface area contributed by atoms with Crippen LogP contribution in [0.4, 0.5) is 0 Å². The zero-order valence-corrected chi connectivity index (χ0v) is 19.0. The van der Waals surface area contributed by atoms with Crippen LogP contribution in [0.1, 0.15) is 12.7 Å². The normalized spacial score (nSPS) is 14.7. The Morgan fingerprint density at radius 2 is 1.78 bits per heavy atom. The fourth-order valence-corrected chi connectivity index (χ4v) is 4.49. The van der Waals surface area contributed by atoms with Gasteiger partial charge in [0.05, 0.1) is 29.9 Å². The van der Waals surface area contributed by atoms with Crippen molar-refractivity contribution in [2.75, 3.05) is 32.8 Å². The van der Waals surface area contributed by atoms with E-state index in [0.29, 0.717) is 11.6 Å². The summed E-state index contributed by atoms with van der Waals surface area (Å²) in [6, 6.07) is 22.8. The highest BCUT2D eigenvalue weighted by atomic mass is 35.5. The first kappa shape index (κ1) is 21.0. The zero-order chi connectivity index (χ0) is 21.9. The first-order valence-electron chi connectivity index (χ1n) is 11.2. The minimum absolute atomic E-state index is 0.572. The van der Waals surface area contributed by atoms with E-state index in [-0.39, 0.29) is 0 Å². The van der Waals surface area contributed by atoms with E-state index in [1.807, 2.05) is 31.2 Å². The average Bonchev–Trinajstić information content (AvgIpc) is 3.17. The molecule has 0 atom stereocenters. The highest BCUT2D eigenvalue weighted by molar-refractivity contribution is 6.30. The molecule has 0 spiro atoms. The van der Waals surface area contributed by atoms with E-state index < -0.39 is 0 Å². The van der Waals surface area contributed by atoms with Gasteiger partial charge in [-0.05, 0) is 42.3 Å². The number of hydrogen-bond acceptors (Lipinski definition) is 4. The molecule has 1 aliphatic heterocycles. The molecule has 0 saturated carbocycles. The molecule has 0 unspecified atom stereocenters. The molecule has 1 N–H and O–H groups in total. The van der Waals surface area contributed by atoms with Crippen LogP contribution in [-0.2, 0) is 6.54 Å². The first-order chi connectivity index (χ1) is 15.7. The number of fused-ring (bicyclic) bond motifs is 1. The third-order valence-electron chi connectivity index (χ3n) is 5.87. The van der Waals surface area contributed by atoms with Crippen LogP contribution in [0.2, 0.25) is 5.02 Å². The lowest BCUT2D eigenvalue weighted by Crippen LogP contribution is -2.43. The Bertz CT molecular complexity index is 1220. The molecule has 5 rings (SSSR count). The van der Waals surface area contributed by atoms with Crippen molar-refractivity contribution in [3.8, 4) is 22.6 Å². The van der Waals surface area contributed by atoms with Crippen molar-refractivity contribution in [1.29, 1.82) is 0 Å². The second-order valence-corrected chi connectivity index (χ2v) is 8.44. The van der Waals surface area contributed by atoms with Crippen molar-refractivity contribution in [3.05, 3.63) is 77.6 Å². The molecule has 1 aromatic heterocycles. The standard InChI is InChI=1S/C26H27ClN4O/c1-2-32-25-17-21(27)9-11-23(25)31-24-16-20(19-6-4-3-5-7-19)8-10-22(24)29-26(31)18-30-14-12-28-13-15-30/h3-11,16-17,28H,2,12-15,18H2,1H3. The van der Waals surface area contributed by atoms with Gasteiger partial charge in [0, 0.05) is 37.3 Å². The predicted molar refractivity (Wildman–Crippen MR) is 131 cm³/mol. The number of nitrogens with zero attached hydrogens (tertiary/aromatic N) is 3. The number of aromatic nitrogens is 2. The summed E-state index contributed by atoms with van der Waals surface area (Å²) in [6.07, 6.45) is 0. The Morgan fingerprint density at radius 1 is 0.969 bits per heavy atom. The molecule has 32 heavy (non-hydrogen) atoms. The number of imidazole rings is 1. The van der Waals surface area contributed by atoms with E-state index in [0.717, 1.165) is 61.0 Å². The smallest absolute Gasteiger partial charge is 0.144 e. The summed E-state index contributed by atoms with van der Waals surface area (Å²) in [5.74, 6) is 1.78. The molecular weight excluding hydrogens is 420 g/mol. The Hall–Kier alpha value is -2.86. The maximum Gasteiger partial charge on any atom is 0.144 e. The summed E-state index contributed by atoms with van der Waals surface area (Å²) in [4.78, 5) is 7.50. The highest BCUT2D eigenvalue weighted by Gasteiger charge is 2.20. The molecule has 0 aliphatic carbocycles. The van der Waals surface area contributed by atoms with E-state index in [1.165, 1.54) is 11.1 Å². The average molecular weight is 447 g/mol. The largest absolute Gasteiger partial charge is 0.492 e. The van der Waals surface area contributed by atoms with Crippen LogP contribution in [0.15, 0.2) is 66.7 Å². The van der Waals surface area contributed by atoms with Gasteiger partial charge in [0.15, 0.2) is 0 Å². The summed E-state index contributed by atoms with van der Waals surface area (Å²) in [5, 5.41) is 4.09. The molecule has 1 aliphatic rings. The van der Waals surface area contributed by atoms with Crippen LogP contribution in [0.25, 0.3) is 27.8 Å². The fraction of sp³-hybridized carbons (Fsp3) is 0.269. The van der Waals surface area contributed by atoms with Crippen molar-refractivity contribution >= 4 is 22.6 Å². The monoisotopic (exact) mass is 446 g/mol. The van der Waals surface area contributed by atoms with Crippen molar-refractivity contribution in [1.82, 2.24) is 19.8 Å². The maximum atomic E-state index is 6.31. The van der Waals surface area contributed by atoms with Gasteiger partial charge in [-0.1, -0.05) is 48.0 Å². The second kappa shape index (κ2) is 9.33. The summed E-state index contributed by atoms with van der Waals surface area (Å²) in [6.45, 7) is 7.38. The molecule has 6 heteroatoms. The van der Waals surface area contributed by atoms with Crippen LogP contribution < -0.4 is 10.1 Å². The number of rotatable bonds is 6. The first-order valence-corrected chi connectivity index (χ1v) is 11.5. The number of benzene rings is 3. The van der Waals surface area contributed by atoms with Gasteiger partial charge < -0.3 is 10.1 Å². The third kappa shape index (κ3) is 4.24. The Balaban J connectivity index is 1.69. The second-order valence-electron chi connectivity index (χ2n) is 8.00. The molecule has 0 bridgehead atoms. The molecule has 5 nitrogen and oxygen atoms in total. The number of hydrogen-bond donors (Lipinski definition) is 1. The Morgan fingerprint density at radius 3 is 2.56 bits per heavy atom. The van der Waals surface area contributed by atoms with Gasteiger partial charge >= 0.3 is 0 Å². The molecule has 0 amide bonds. The molecule has 1 fully saturated rings. The zero-order valence-electron chi connectivity index (χ0n) is 18.2. The van der Waals surface area contributed by atoms with Crippen LogP contribution in [-0.4, -0.2) is 47.2 Å². The predicted octanol–water partition coefficient (Wildman–Crippen LogP) is 5.15. The SMILES string of the molecule is CCOc1cc(Cl)ccc1-n1c(CN2CCNCC2)nc2ccc(-c3ccccc3)cc21. The van der Waals surface area contributed by atoms with Gasteiger partial charge in [-0.2, -0.15) is 0 Å². The van der Waals surface area contributed by atoms with Gasteiger partial charge in [0.25, 0.3) is 0 Å². The van der Waals surface area contributed by atoms with Crippen molar-refractivity contribution < 1.29 is 4.74 Å². The van der Waals surface area contributed by atoms with E-state index in [2.05, 4.69) is 57.2 Å². The Kier molecular flexibility index (Phi) is 6.12. The number of piperazine rings is 1. The third-order valence-corrected chi connectivity index (χ3v) is 6.10. The quantitative estimate of drug-likeness (QED) is 0.444. The molecule has 2 heterocycles. The van der Waals surface area contributed by atoms with Crippen molar-refractivity contribution in [2.45, 2.75) is 13.5 Å². The molecule has 3 aromatic carbocycles. The summed E-state index contributed by atoms with van der Waals surface area (Å²) in [7, 11) is 0. The number of nitrogens with one attached hydrogen (secondary N) is 1. The van der Waals surface area contributed by atoms with Gasteiger partial charge in [-0.3, -0.25) is 9.47 Å². The van der Waals surface area contributed by atoms with E-state index in [1.54, 1.807) is 0 Å². The molecule has 1 saturated heterocycles. The highest BCUT2D eigenvalue weighted by Crippen LogP contribution is 2.33. The van der Waals surface area contributed by atoms with Crippen LogP contribution >= 0.6 is 11.6 Å². The lowest BCUT2D eigenvalue weighted by atomic mass is 10.1. The summed E-state index contributed by atoms with van der Waals surface area (Å²) in [5.41, 5.74) is 5.37. The minimum atomic E-state index is 0.572. The summed E-state index contributed by atoms with van der Waals surface area (Å²) >= 11 is 6.31. The van der Waals surface area contributed by atoms with Crippen LogP contribution in [0, 0.1) is 0 Å². The summed E-state index contributed by atoms with van der Waals surface area (Å²) < 4.78 is 8.23. The lowest BCUT2D eigenvalue weighted by molar-refractivity contribution is 0.227. The number of halogens is 1. The Labute approximate surface area is 193 Å². The molecule has 0 radical (unpaired) electrons. The van der Waals surface area contributed by atoms with E-state index in [4.69, 9.17) is 21.3 Å². The van der Waals surface area contributed by atoms with Gasteiger partial charge in [-0.15, -0.1) is 0 Å². The van der Waals surface area contributed by atoms with Crippen LogP contribution in [0.3, 0.4) is 0 Å². The van der Waals surface area contributed by atoms with Gasteiger partial charge in [0.1, 0.15) is 11.6 Å². The van der Waals surface area contributed by atoms with Crippen LogP contribution in [0.5, 0.6) is 5.75 Å². The van der Waals surface area contributed by atoms with Crippen molar-refractivity contribution in [2.24, 2.45) is 0 Å². The fourth-order valence-electron chi connectivity index (χ4n) is 4.32. The van der Waals surface area contributed by atoms with Gasteiger partial charge in [-0.25, -0.2) is 4.98 Å². The molecule has 164 valence electrons. The minimum Gasteiger partial charge on any atom is -0.492 e. The number of ether oxygens (including phenoxy) is 1. The van der Waals surface area contributed by atoms with E-state index in [9.17, 15) is 0 Å². The van der Waals surface area contributed by atoms with E-state index >= 15 is 0 Å². The van der Waals surface area contributed by atoms with Crippen molar-refractivity contribution in [3.63, 3.8) is 0 Å². The topological polar surface area (TPSA) is 42.3 Å². The van der Waals surface area contributed by atoms with Gasteiger partial charge in [0.2, 0.25) is 0 Å². The lowest BCUT2D eigenvalue weighted by Gasteiger charge is -2.27. The molecular formula is C26H27ClN4O.